The van der Waals surface area contributed by atoms with Crippen molar-refractivity contribution in [1.29, 1.82) is 0 Å². The zero-order chi connectivity index (χ0) is 15.5. The summed E-state index contributed by atoms with van der Waals surface area (Å²) in [5.41, 5.74) is 6.81. The van der Waals surface area contributed by atoms with E-state index in [1.165, 1.54) is 38.5 Å². The zero-order valence-corrected chi connectivity index (χ0v) is 14.5. The summed E-state index contributed by atoms with van der Waals surface area (Å²) in [7, 11) is -0.174. The Morgan fingerprint density at radius 2 is 1.86 bits per heavy atom. The molecule has 5 fully saturated rings. The van der Waals surface area contributed by atoms with Crippen molar-refractivity contribution in [2.45, 2.75) is 89.8 Å². The van der Waals surface area contributed by atoms with Crippen LogP contribution in [0.15, 0.2) is 0 Å². The van der Waals surface area contributed by atoms with Gasteiger partial charge in [-0.3, -0.25) is 0 Å². The van der Waals surface area contributed by atoms with E-state index in [0.717, 1.165) is 24.7 Å². The van der Waals surface area contributed by atoms with E-state index < -0.39 is 0 Å². The van der Waals surface area contributed by atoms with Gasteiger partial charge >= 0.3 is 7.12 Å². The first-order valence-corrected chi connectivity index (χ1v) is 9.50. The number of hydrogen-bond donors (Lipinski definition) is 1. The SMILES string of the molecule is CC1(C)C2CC3OB(C(N)CC4CCCCC4)OC3(C)C1C2. The van der Waals surface area contributed by atoms with Crippen LogP contribution in [0.25, 0.3) is 0 Å². The van der Waals surface area contributed by atoms with Crippen LogP contribution in [0.4, 0.5) is 0 Å². The van der Waals surface area contributed by atoms with Crippen molar-refractivity contribution in [3.63, 3.8) is 0 Å². The summed E-state index contributed by atoms with van der Waals surface area (Å²) >= 11 is 0. The fourth-order valence-corrected chi connectivity index (χ4v) is 6.00. The smallest absolute Gasteiger partial charge is 0.404 e. The minimum Gasteiger partial charge on any atom is -0.404 e. The maximum atomic E-state index is 6.50. The lowest BCUT2D eigenvalue weighted by molar-refractivity contribution is -0.199. The van der Waals surface area contributed by atoms with Gasteiger partial charge in [-0.1, -0.05) is 46.0 Å². The van der Waals surface area contributed by atoms with E-state index >= 15 is 0 Å². The van der Waals surface area contributed by atoms with Crippen molar-refractivity contribution in [3.05, 3.63) is 0 Å². The molecule has 5 atom stereocenters. The summed E-state index contributed by atoms with van der Waals surface area (Å²) in [5, 5.41) is 0. The Labute approximate surface area is 135 Å². The Kier molecular flexibility index (Phi) is 3.67. The van der Waals surface area contributed by atoms with Gasteiger partial charge in [0.15, 0.2) is 0 Å². The molecule has 22 heavy (non-hydrogen) atoms. The van der Waals surface area contributed by atoms with Gasteiger partial charge in [-0.2, -0.15) is 0 Å². The Morgan fingerprint density at radius 1 is 1.14 bits per heavy atom. The summed E-state index contributed by atoms with van der Waals surface area (Å²) in [6.07, 6.45) is 10.7. The molecule has 0 aromatic heterocycles. The van der Waals surface area contributed by atoms with Crippen molar-refractivity contribution < 1.29 is 9.31 Å². The van der Waals surface area contributed by atoms with Crippen LogP contribution in [-0.2, 0) is 9.31 Å². The van der Waals surface area contributed by atoms with Crippen LogP contribution < -0.4 is 5.73 Å². The van der Waals surface area contributed by atoms with Gasteiger partial charge in [0, 0.05) is 5.94 Å². The summed E-state index contributed by atoms with van der Waals surface area (Å²) in [4.78, 5) is 0. The van der Waals surface area contributed by atoms with Gasteiger partial charge < -0.3 is 15.0 Å². The third kappa shape index (κ3) is 2.21. The van der Waals surface area contributed by atoms with Crippen molar-refractivity contribution in [2.24, 2.45) is 28.9 Å². The van der Waals surface area contributed by atoms with E-state index in [0.29, 0.717) is 11.3 Å². The van der Waals surface area contributed by atoms with E-state index in [2.05, 4.69) is 20.8 Å². The van der Waals surface area contributed by atoms with E-state index in [9.17, 15) is 0 Å². The van der Waals surface area contributed by atoms with Crippen molar-refractivity contribution >= 4 is 7.12 Å². The second-order valence-corrected chi connectivity index (χ2v) is 9.24. The molecule has 0 spiro atoms. The van der Waals surface area contributed by atoms with Gasteiger partial charge in [0.2, 0.25) is 0 Å². The molecule has 2 N–H and O–H groups in total. The van der Waals surface area contributed by atoms with Crippen LogP contribution in [0.3, 0.4) is 0 Å². The molecule has 1 saturated heterocycles. The van der Waals surface area contributed by atoms with Gasteiger partial charge in [0.25, 0.3) is 0 Å². The summed E-state index contributed by atoms with van der Waals surface area (Å²) in [5.74, 6) is 2.28. The Balaban J connectivity index is 1.41. The van der Waals surface area contributed by atoms with E-state index in [-0.39, 0.29) is 24.8 Å². The zero-order valence-electron chi connectivity index (χ0n) is 14.5. The van der Waals surface area contributed by atoms with Crippen LogP contribution in [0.1, 0.15) is 72.1 Å². The van der Waals surface area contributed by atoms with Gasteiger partial charge in [-0.05, 0) is 49.4 Å². The minimum absolute atomic E-state index is 0.0471. The Hall–Kier alpha value is -0.0551. The molecule has 0 radical (unpaired) electrons. The van der Waals surface area contributed by atoms with Gasteiger partial charge in [0.1, 0.15) is 0 Å². The first-order chi connectivity index (χ1) is 10.4. The number of rotatable bonds is 3. The fourth-order valence-electron chi connectivity index (χ4n) is 6.00. The molecule has 4 saturated carbocycles. The highest BCUT2D eigenvalue weighted by Gasteiger charge is 2.68. The fraction of sp³-hybridized carbons (Fsp3) is 1.00. The van der Waals surface area contributed by atoms with Crippen molar-refractivity contribution in [2.75, 3.05) is 0 Å². The van der Waals surface area contributed by atoms with Gasteiger partial charge in [-0.15, -0.1) is 0 Å². The predicted molar refractivity (Wildman–Crippen MR) is 89.3 cm³/mol. The molecule has 3 nitrogen and oxygen atoms in total. The Morgan fingerprint density at radius 3 is 2.55 bits per heavy atom. The largest absolute Gasteiger partial charge is 0.475 e. The lowest BCUT2D eigenvalue weighted by atomic mass is 9.43. The predicted octanol–water partition coefficient (Wildman–Crippen LogP) is 3.55. The van der Waals surface area contributed by atoms with Crippen molar-refractivity contribution in [3.8, 4) is 0 Å². The van der Waals surface area contributed by atoms with Crippen molar-refractivity contribution in [1.82, 2.24) is 0 Å². The average molecular weight is 305 g/mol. The minimum atomic E-state index is -0.174. The molecule has 1 aliphatic heterocycles. The van der Waals surface area contributed by atoms with Crippen LogP contribution in [0, 0.1) is 23.2 Å². The van der Waals surface area contributed by atoms with Gasteiger partial charge in [0.05, 0.1) is 11.7 Å². The number of nitrogens with two attached hydrogens (primary N) is 1. The molecule has 1 heterocycles. The van der Waals surface area contributed by atoms with E-state index in [1.54, 1.807) is 0 Å². The summed E-state index contributed by atoms with van der Waals surface area (Å²) in [6, 6.07) is 0. The molecule has 0 aromatic rings. The van der Waals surface area contributed by atoms with Gasteiger partial charge in [-0.25, -0.2) is 0 Å². The second-order valence-electron chi connectivity index (χ2n) is 9.24. The lowest BCUT2D eigenvalue weighted by Gasteiger charge is -2.64. The monoisotopic (exact) mass is 305 g/mol. The molecular formula is C18H32BNO2. The quantitative estimate of drug-likeness (QED) is 0.811. The molecule has 2 bridgehead atoms. The average Bonchev–Trinajstić information content (AvgIpc) is 2.85. The molecule has 0 aromatic carbocycles. The topological polar surface area (TPSA) is 44.5 Å². The van der Waals surface area contributed by atoms with E-state index in [1.807, 2.05) is 0 Å². The molecule has 0 amide bonds. The molecule has 124 valence electrons. The highest BCUT2D eigenvalue weighted by molar-refractivity contribution is 6.47. The highest BCUT2D eigenvalue weighted by Crippen LogP contribution is 2.65. The highest BCUT2D eigenvalue weighted by atomic mass is 16.7. The van der Waals surface area contributed by atoms with Crippen LogP contribution in [0.2, 0.25) is 0 Å². The molecular weight excluding hydrogens is 273 g/mol. The molecule has 4 aliphatic carbocycles. The first kappa shape index (κ1) is 15.5. The maximum absolute atomic E-state index is 6.50. The van der Waals surface area contributed by atoms with E-state index in [4.69, 9.17) is 15.0 Å². The third-order valence-corrected chi connectivity index (χ3v) is 7.65. The van der Waals surface area contributed by atoms with Crippen LogP contribution in [-0.4, -0.2) is 24.8 Å². The van der Waals surface area contributed by atoms with Crippen LogP contribution in [0.5, 0.6) is 0 Å². The first-order valence-electron chi connectivity index (χ1n) is 9.50. The normalized spacial score (nSPS) is 45.3. The molecule has 5 unspecified atom stereocenters. The summed E-state index contributed by atoms with van der Waals surface area (Å²) in [6.45, 7) is 7.10. The number of hydrogen-bond acceptors (Lipinski definition) is 3. The summed E-state index contributed by atoms with van der Waals surface area (Å²) < 4.78 is 12.8. The maximum Gasteiger partial charge on any atom is 0.475 e. The third-order valence-electron chi connectivity index (χ3n) is 7.65. The lowest BCUT2D eigenvalue weighted by Crippen LogP contribution is -2.65. The Bertz CT molecular complexity index is 437. The molecule has 5 rings (SSSR count). The molecule has 5 aliphatic rings. The molecule has 4 heteroatoms. The second kappa shape index (κ2) is 5.22. The standard InChI is InChI=1S/C18H32BNO2/c1-17(2)13-10-14(17)18(3)15(11-13)21-19(22-18)16(20)9-12-7-5-4-6-8-12/h12-16H,4-11,20H2,1-3H3. The van der Waals surface area contributed by atoms with Crippen LogP contribution >= 0.6 is 0 Å².